The Labute approximate surface area is 77.1 Å². The van der Waals surface area contributed by atoms with Crippen LogP contribution in [0.3, 0.4) is 0 Å². The minimum atomic E-state index is -1.30. The zero-order valence-electron chi connectivity index (χ0n) is 7.55. The molecular weight excluding hydrogens is 171 g/mol. The van der Waals surface area contributed by atoms with Crippen molar-refractivity contribution in [3.63, 3.8) is 0 Å². The minimum Gasteiger partial charge on any atom is -0.351 e. The van der Waals surface area contributed by atoms with Crippen molar-refractivity contribution >= 4 is 5.91 Å². The lowest BCUT2D eigenvalue weighted by Crippen LogP contribution is -2.54. The van der Waals surface area contributed by atoms with Gasteiger partial charge in [-0.1, -0.05) is 0 Å². The number of hydrogen-bond acceptors (Lipinski definition) is 2. The van der Waals surface area contributed by atoms with Gasteiger partial charge in [0, 0.05) is 25.0 Å². The highest BCUT2D eigenvalue weighted by Crippen LogP contribution is 2.19. The first-order valence-electron chi connectivity index (χ1n) is 4.92. The highest BCUT2D eigenvalue weighted by molar-refractivity contribution is 5.81. The number of rotatable bonds is 3. The first kappa shape index (κ1) is 8.94. The van der Waals surface area contributed by atoms with Gasteiger partial charge in [0.05, 0.1) is 0 Å². The van der Waals surface area contributed by atoms with E-state index in [1.54, 1.807) is 0 Å². The smallest absolute Gasteiger partial charge is 0.255 e. The van der Waals surface area contributed by atoms with Gasteiger partial charge in [0.15, 0.2) is 6.17 Å². The van der Waals surface area contributed by atoms with Crippen LogP contribution in [0.25, 0.3) is 0 Å². The number of amides is 1. The van der Waals surface area contributed by atoms with Gasteiger partial charge in [-0.3, -0.25) is 4.79 Å². The highest BCUT2D eigenvalue weighted by Gasteiger charge is 2.34. The SMILES string of the molecule is O=C(NC1CCC1)C(F)C1CNC1. The van der Waals surface area contributed by atoms with Crippen molar-refractivity contribution in [1.82, 2.24) is 10.6 Å². The summed E-state index contributed by atoms with van der Waals surface area (Å²) < 4.78 is 13.3. The van der Waals surface area contributed by atoms with Crippen LogP contribution in [0.5, 0.6) is 0 Å². The average molecular weight is 186 g/mol. The van der Waals surface area contributed by atoms with Crippen molar-refractivity contribution in [3.8, 4) is 0 Å². The Morgan fingerprint density at radius 3 is 2.54 bits per heavy atom. The van der Waals surface area contributed by atoms with Gasteiger partial charge in [0.2, 0.25) is 0 Å². The van der Waals surface area contributed by atoms with E-state index in [-0.39, 0.29) is 12.0 Å². The lowest BCUT2D eigenvalue weighted by molar-refractivity contribution is -0.129. The van der Waals surface area contributed by atoms with Crippen molar-refractivity contribution in [2.45, 2.75) is 31.5 Å². The van der Waals surface area contributed by atoms with E-state index in [1.165, 1.54) is 0 Å². The van der Waals surface area contributed by atoms with Crippen LogP contribution in [0.15, 0.2) is 0 Å². The maximum atomic E-state index is 13.3. The van der Waals surface area contributed by atoms with E-state index in [9.17, 15) is 9.18 Å². The summed E-state index contributed by atoms with van der Waals surface area (Å²) >= 11 is 0. The Morgan fingerprint density at radius 1 is 1.46 bits per heavy atom. The van der Waals surface area contributed by atoms with Crippen molar-refractivity contribution < 1.29 is 9.18 Å². The Morgan fingerprint density at radius 2 is 2.15 bits per heavy atom. The van der Waals surface area contributed by atoms with Gasteiger partial charge < -0.3 is 10.6 Å². The number of alkyl halides is 1. The van der Waals surface area contributed by atoms with Crippen LogP contribution < -0.4 is 10.6 Å². The molecule has 1 saturated heterocycles. The topological polar surface area (TPSA) is 41.1 Å². The molecule has 74 valence electrons. The minimum absolute atomic E-state index is 0.0972. The van der Waals surface area contributed by atoms with Crippen LogP contribution in [-0.4, -0.2) is 31.2 Å². The van der Waals surface area contributed by atoms with Crippen LogP contribution >= 0.6 is 0 Å². The maximum Gasteiger partial charge on any atom is 0.255 e. The van der Waals surface area contributed by atoms with Crippen LogP contribution in [0, 0.1) is 5.92 Å². The zero-order chi connectivity index (χ0) is 9.26. The number of carbonyl (C=O) groups is 1. The van der Waals surface area contributed by atoms with Gasteiger partial charge >= 0.3 is 0 Å². The molecule has 0 aromatic carbocycles. The average Bonchev–Trinajstić information content (AvgIpc) is 1.92. The second-order valence-corrected chi connectivity index (χ2v) is 3.96. The van der Waals surface area contributed by atoms with E-state index in [4.69, 9.17) is 0 Å². The molecule has 1 amide bonds. The molecule has 3 nitrogen and oxygen atoms in total. The van der Waals surface area contributed by atoms with Crippen molar-refractivity contribution in [2.75, 3.05) is 13.1 Å². The molecule has 1 unspecified atom stereocenters. The van der Waals surface area contributed by atoms with E-state index in [0.717, 1.165) is 19.3 Å². The Balaban J connectivity index is 1.74. The van der Waals surface area contributed by atoms with Crippen LogP contribution in [0.2, 0.25) is 0 Å². The lowest BCUT2D eigenvalue weighted by atomic mass is 9.91. The molecule has 1 aliphatic carbocycles. The second-order valence-electron chi connectivity index (χ2n) is 3.96. The normalized spacial score (nSPS) is 25.9. The van der Waals surface area contributed by atoms with E-state index in [0.29, 0.717) is 13.1 Å². The van der Waals surface area contributed by atoms with Crippen molar-refractivity contribution in [3.05, 3.63) is 0 Å². The summed E-state index contributed by atoms with van der Waals surface area (Å²) in [6, 6.07) is 0.249. The van der Waals surface area contributed by atoms with E-state index < -0.39 is 12.1 Å². The predicted octanol–water partition coefficient (Wildman–Crippen LogP) is 0.213. The summed E-state index contributed by atoms with van der Waals surface area (Å²) in [5.41, 5.74) is 0. The van der Waals surface area contributed by atoms with Gasteiger partial charge in [0.1, 0.15) is 0 Å². The predicted molar refractivity (Wildman–Crippen MR) is 47.0 cm³/mol. The van der Waals surface area contributed by atoms with E-state index in [1.807, 2.05) is 0 Å². The van der Waals surface area contributed by atoms with Crippen LogP contribution in [0.4, 0.5) is 4.39 Å². The third-order valence-corrected chi connectivity index (χ3v) is 2.93. The molecule has 0 spiro atoms. The molecule has 2 N–H and O–H groups in total. The Kier molecular flexibility index (Phi) is 2.49. The maximum absolute atomic E-state index is 13.3. The van der Waals surface area contributed by atoms with Crippen molar-refractivity contribution in [2.24, 2.45) is 5.92 Å². The van der Waals surface area contributed by atoms with Gasteiger partial charge in [-0.2, -0.15) is 0 Å². The van der Waals surface area contributed by atoms with Crippen LogP contribution in [0.1, 0.15) is 19.3 Å². The standard InChI is InChI=1S/C9H15FN2O/c10-8(6-4-11-5-6)9(13)12-7-2-1-3-7/h6-8,11H,1-5H2,(H,12,13). The molecular formula is C9H15FN2O. The summed E-state index contributed by atoms with van der Waals surface area (Å²) in [5.74, 6) is -0.503. The molecule has 2 aliphatic rings. The molecule has 2 rings (SSSR count). The summed E-state index contributed by atoms with van der Waals surface area (Å²) in [5, 5.41) is 5.68. The number of carbonyl (C=O) groups excluding carboxylic acids is 1. The molecule has 1 heterocycles. The van der Waals surface area contributed by atoms with Gasteiger partial charge in [-0.15, -0.1) is 0 Å². The quantitative estimate of drug-likeness (QED) is 0.661. The fourth-order valence-electron chi connectivity index (χ4n) is 1.57. The van der Waals surface area contributed by atoms with E-state index in [2.05, 4.69) is 10.6 Å². The monoisotopic (exact) mass is 186 g/mol. The highest BCUT2D eigenvalue weighted by atomic mass is 19.1. The fourth-order valence-corrected chi connectivity index (χ4v) is 1.57. The summed E-state index contributed by atoms with van der Waals surface area (Å²) in [6.07, 6.45) is 1.89. The third-order valence-electron chi connectivity index (χ3n) is 2.93. The molecule has 0 radical (unpaired) electrons. The third kappa shape index (κ3) is 1.82. The number of halogens is 1. The second kappa shape index (κ2) is 3.62. The largest absolute Gasteiger partial charge is 0.351 e. The van der Waals surface area contributed by atoms with Crippen molar-refractivity contribution in [1.29, 1.82) is 0 Å². The lowest BCUT2D eigenvalue weighted by Gasteiger charge is -2.32. The summed E-state index contributed by atoms with van der Waals surface area (Å²) in [6.45, 7) is 1.28. The molecule has 13 heavy (non-hydrogen) atoms. The fraction of sp³-hybridized carbons (Fsp3) is 0.889. The number of nitrogens with one attached hydrogen (secondary N) is 2. The molecule has 4 heteroatoms. The molecule has 0 bridgehead atoms. The van der Waals surface area contributed by atoms with Gasteiger partial charge in [0.25, 0.3) is 5.91 Å². The first-order chi connectivity index (χ1) is 6.27. The summed E-state index contributed by atoms with van der Waals surface area (Å²) in [7, 11) is 0. The number of hydrogen-bond donors (Lipinski definition) is 2. The molecule has 0 aromatic heterocycles. The van der Waals surface area contributed by atoms with Crippen LogP contribution in [-0.2, 0) is 4.79 Å². The zero-order valence-corrected chi connectivity index (χ0v) is 7.55. The molecule has 0 aromatic rings. The first-order valence-corrected chi connectivity index (χ1v) is 4.92. The Bertz CT molecular complexity index is 202. The molecule has 1 saturated carbocycles. The molecule has 1 aliphatic heterocycles. The molecule has 1 atom stereocenters. The van der Waals surface area contributed by atoms with Gasteiger partial charge in [-0.25, -0.2) is 4.39 Å². The summed E-state index contributed by atoms with van der Waals surface area (Å²) in [4.78, 5) is 11.3. The molecule has 2 fully saturated rings. The Hall–Kier alpha value is -0.640. The van der Waals surface area contributed by atoms with Gasteiger partial charge in [-0.05, 0) is 19.3 Å². The van der Waals surface area contributed by atoms with E-state index >= 15 is 0 Å².